The fourth-order valence-corrected chi connectivity index (χ4v) is 2.01. The number of ether oxygens (including phenoxy) is 2. The lowest BCUT2D eigenvalue weighted by Gasteiger charge is -2.16. The van der Waals surface area contributed by atoms with Crippen molar-refractivity contribution >= 4 is 11.9 Å². The average molecular weight is 301 g/mol. The fraction of sp³-hybridized carbons (Fsp3) is 0.385. The highest BCUT2D eigenvalue weighted by atomic mass is 19.3. The van der Waals surface area contributed by atoms with Crippen molar-refractivity contribution < 1.29 is 33.0 Å². The van der Waals surface area contributed by atoms with E-state index in [1.54, 1.807) is 0 Å². The van der Waals surface area contributed by atoms with Crippen molar-refractivity contribution in [3.8, 4) is 5.75 Å². The van der Waals surface area contributed by atoms with Crippen molar-refractivity contribution in [1.29, 1.82) is 0 Å². The van der Waals surface area contributed by atoms with Crippen LogP contribution in [0.3, 0.4) is 0 Å². The van der Waals surface area contributed by atoms with Gasteiger partial charge in [-0.3, -0.25) is 9.59 Å². The zero-order valence-electron chi connectivity index (χ0n) is 10.8. The molecular weight excluding hydrogens is 288 g/mol. The number of carbonyl (C=O) groups excluding carboxylic acids is 1. The van der Waals surface area contributed by atoms with Gasteiger partial charge >= 0.3 is 12.6 Å². The maximum absolute atomic E-state index is 12.1. The second-order valence-electron chi connectivity index (χ2n) is 4.47. The zero-order chi connectivity index (χ0) is 15.4. The van der Waals surface area contributed by atoms with Gasteiger partial charge in [-0.1, -0.05) is 6.07 Å². The van der Waals surface area contributed by atoms with Crippen LogP contribution in [0.25, 0.3) is 0 Å². The fourth-order valence-electron chi connectivity index (χ4n) is 2.01. The van der Waals surface area contributed by atoms with Gasteiger partial charge < -0.3 is 19.9 Å². The summed E-state index contributed by atoms with van der Waals surface area (Å²) >= 11 is 0. The molecule has 6 nitrogen and oxygen atoms in total. The van der Waals surface area contributed by atoms with E-state index in [2.05, 4.69) is 10.1 Å². The molecule has 0 radical (unpaired) electrons. The number of halogens is 2. The number of carboxylic acid groups (broad SMARTS) is 1. The largest absolute Gasteiger partial charge is 0.481 e. The van der Waals surface area contributed by atoms with Crippen molar-refractivity contribution in [2.45, 2.75) is 12.7 Å². The van der Waals surface area contributed by atoms with Crippen LogP contribution in [0, 0.1) is 5.92 Å². The second-order valence-corrected chi connectivity index (χ2v) is 4.47. The Kier molecular flexibility index (Phi) is 4.69. The Bertz CT molecular complexity index is 537. The van der Waals surface area contributed by atoms with Crippen molar-refractivity contribution in [1.82, 2.24) is 5.32 Å². The molecule has 1 aliphatic heterocycles. The van der Waals surface area contributed by atoms with E-state index in [9.17, 15) is 18.4 Å². The zero-order valence-corrected chi connectivity index (χ0v) is 10.8. The van der Waals surface area contributed by atoms with E-state index < -0.39 is 30.4 Å². The quantitative estimate of drug-likeness (QED) is 0.851. The third-order valence-corrected chi connectivity index (χ3v) is 3.04. The van der Waals surface area contributed by atoms with Crippen LogP contribution < -0.4 is 10.1 Å². The maximum atomic E-state index is 12.1. The van der Waals surface area contributed by atoms with E-state index in [4.69, 9.17) is 9.84 Å². The molecule has 1 fully saturated rings. The Balaban J connectivity index is 2.04. The Morgan fingerprint density at radius 1 is 1.38 bits per heavy atom. The van der Waals surface area contributed by atoms with E-state index in [0.717, 1.165) is 6.07 Å². The van der Waals surface area contributed by atoms with E-state index in [1.807, 2.05) is 0 Å². The van der Waals surface area contributed by atoms with Gasteiger partial charge in [0.2, 0.25) is 0 Å². The lowest BCUT2D eigenvalue weighted by atomic mass is 10.0. The monoisotopic (exact) mass is 301 g/mol. The molecule has 8 heteroatoms. The first kappa shape index (κ1) is 15.2. The van der Waals surface area contributed by atoms with Crippen LogP contribution in [0.2, 0.25) is 0 Å². The highest BCUT2D eigenvalue weighted by Gasteiger charge is 2.35. The van der Waals surface area contributed by atoms with E-state index in [-0.39, 0.29) is 24.5 Å². The number of carboxylic acids is 1. The highest BCUT2D eigenvalue weighted by Crippen LogP contribution is 2.18. The van der Waals surface area contributed by atoms with Gasteiger partial charge in [0.15, 0.2) is 0 Å². The molecule has 2 atom stereocenters. The Hall–Kier alpha value is -2.22. The highest BCUT2D eigenvalue weighted by molar-refractivity contribution is 5.95. The van der Waals surface area contributed by atoms with Gasteiger partial charge in [-0.15, -0.1) is 0 Å². The van der Waals surface area contributed by atoms with Gasteiger partial charge in [0.1, 0.15) is 11.7 Å². The number of hydrogen-bond donors (Lipinski definition) is 2. The summed E-state index contributed by atoms with van der Waals surface area (Å²) in [7, 11) is 0. The lowest BCUT2D eigenvalue weighted by molar-refractivity contribution is -0.142. The lowest BCUT2D eigenvalue weighted by Crippen LogP contribution is -2.42. The molecule has 0 spiro atoms. The average Bonchev–Trinajstić information content (AvgIpc) is 2.86. The Morgan fingerprint density at radius 2 is 2.14 bits per heavy atom. The SMILES string of the molecule is O=C(NC1COCC1C(=O)O)c1cccc(OC(F)F)c1. The molecule has 2 rings (SSSR count). The summed E-state index contributed by atoms with van der Waals surface area (Å²) < 4.78 is 33.5. The van der Waals surface area contributed by atoms with Gasteiger partial charge in [0, 0.05) is 5.56 Å². The Morgan fingerprint density at radius 3 is 2.81 bits per heavy atom. The standard InChI is InChI=1S/C13H13F2NO5/c14-13(15)21-8-3-1-2-7(4-8)11(17)16-10-6-20-5-9(10)12(18)19/h1-4,9-10,13H,5-6H2,(H,16,17)(H,18,19). The number of nitrogens with one attached hydrogen (secondary N) is 1. The molecule has 2 unspecified atom stereocenters. The molecule has 0 bridgehead atoms. The normalized spacial score (nSPS) is 21.3. The van der Waals surface area contributed by atoms with Crippen LogP contribution in [-0.2, 0) is 9.53 Å². The first-order valence-corrected chi connectivity index (χ1v) is 6.13. The molecule has 0 saturated carbocycles. The number of hydrogen-bond acceptors (Lipinski definition) is 4. The molecule has 21 heavy (non-hydrogen) atoms. The van der Waals surface area contributed by atoms with Gasteiger partial charge in [-0.25, -0.2) is 0 Å². The molecule has 114 valence electrons. The van der Waals surface area contributed by atoms with Crippen molar-refractivity contribution in [2.24, 2.45) is 5.92 Å². The van der Waals surface area contributed by atoms with E-state index in [0.29, 0.717) is 0 Å². The topological polar surface area (TPSA) is 84.9 Å². The third kappa shape index (κ3) is 3.88. The number of aliphatic carboxylic acids is 1. The summed E-state index contributed by atoms with van der Waals surface area (Å²) in [5, 5.41) is 11.5. The molecule has 1 amide bonds. The van der Waals surface area contributed by atoms with Crippen LogP contribution >= 0.6 is 0 Å². The van der Waals surface area contributed by atoms with Gasteiger partial charge in [-0.2, -0.15) is 8.78 Å². The first-order chi connectivity index (χ1) is 9.97. The number of carbonyl (C=O) groups is 2. The summed E-state index contributed by atoms with van der Waals surface area (Å²) in [5.74, 6) is -2.60. The molecule has 2 N–H and O–H groups in total. The molecule has 0 aliphatic carbocycles. The van der Waals surface area contributed by atoms with Gasteiger partial charge in [-0.05, 0) is 18.2 Å². The van der Waals surface area contributed by atoms with Crippen LogP contribution in [-0.4, -0.2) is 42.9 Å². The molecule has 1 heterocycles. The number of alkyl halides is 2. The third-order valence-electron chi connectivity index (χ3n) is 3.04. The summed E-state index contributed by atoms with van der Waals surface area (Å²) in [4.78, 5) is 23.0. The predicted molar refractivity (Wildman–Crippen MR) is 66.3 cm³/mol. The first-order valence-electron chi connectivity index (χ1n) is 6.13. The van der Waals surface area contributed by atoms with Crippen molar-refractivity contribution in [3.63, 3.8) is 0 Å². The molecule has 1 aromatic rings. The van der Waals surface area contributed by atoms with Crippen LogP contribution in [0.15, 0.2) is 24.3 Å². The maximum Gasteiger partial charge on any atom is 0.387 e. The number of rotatable bonds is 5. The Labute approximate surface area is 118 Å². The minimum absolute atomic E-state index is 0.0226. The summed E-state index contributed by atoms with van der Waals surface area (Å²) in [5.41, 5.74) is 0.101. The number of amides is 1. The predicted octanol–water partition coefficient (Wildman–Crippen LogP) is 1.12. The van der Waals surface area contributed by atoms with Crippen LogP contribution in [0.4, 0.5) is 8.78 Å². The van der Waals surface area contributed by atoms with E-state index >= 15 is 0 Å². The minimum atomic E-state index is -2.98. The molecule has 1 saturated heterocycles. The van der Waals surface area contributed by atoms with Gasteiger partial charge in [0.05, 0.1) is 19.3 Å². The summed E-state index contributed by atoms with van der Waals surface area (Å²) in [6, 6.07) is 4.61. The van der Waals surface area contributed by atoms with Crippen molar-refractivity contribution in [3.05, 3.63) is 29.8 Å². The van der Waals surface area contributed by atoms with Crippen LogP contribution in [0.1, 0.15) is 10.4 Å². The van der Waals surface area contributed by atoms with Gasteiger partial charge in [0.25, 0.3) is 5.91 Å². The second kappa shape index (κ2) is 6.49. The van der Waals surface area contributed by atoms with Crippen LogP contribution in [0.5, 0.6) is 5.75 Å². The number of benzene rings is 1. The summed E-state index contributed by atoms with van der Waals surface area (Å²) in [6.45, 7) is -2.87. The summed E-state index contributed by atoms with van der Waals surface area (Å²) in [6.07, 6.45) is 0. The smallest absolute Gasteiger partial charge is 0.387 e. The molecular formula is C13H13F2NO5. The molecule has 1 aromatic carbocycles. The van der Waals surface area contributed by atoms with E-state index in [1.165, 1.54) is 18.2 Å². The minimum Gasteiger partial charge on any atom is -0.481 e. The van der Waals surface area contributed by atoms with Crippen molar-refractivity contribution in [2.75, 3.05) is 13.2 Å². The molecule has 0 aromatic heterocycles. The molecule has 1 aliphatic rings.